The third-order valence-electron chi connectivity index (χ3n) is 4.42. The van der Waals surface area contributed by atoms with Gasteiger partial charge in [-0.05, 0) is 18.2 Å². The van der Waals surface area contributed by atoms with E-state index >= 15 is 0 Å². The molecule has 1 fully saturated rings. The zero-order valence-corrected chi connectivity index (χ0v) is 14.0. The van der Waals surface area contributed by atoms with Crippen molar-refractivity contribution in [3.8, 4) is 0 Å². The van der Waals surface area contributed by atoms with Crippen molar-refractivity contribution in [2.45, 2.75) is 19.8 Å². The molecule has 0 aromatic carbocycles. The number of fused-ring (bicyclic) bond motifs is 1. The van der Waals surface area contributed by atoms with Crippen molar-refractivity contribution in [2.24, 2.45) is 0 Å². The maximum Gasteiger partial charge on any atom is 0.162 e. The number of rotatable bonds is 3. The Morgan fingerprint density at radius 1 is 1.00 bits per heavy atom. The first-order chi connectivity index (χ1) is 11.7. The van der Waals surface area contributed by atoms with E-state index in [0.717, 1.165) is 49.3 Å². The monoisotopic (exact) mass is 323 g/mol. The molecule has 4 heterocycles. The summed E-state index contributed by atoms with van der Waals surface area (Å²) < 4.78 is 2.04. The summed E-state index contributed by atoms with van der Waals surface area (Å²) in [6, 6.07) is 8.13. The summed E-state index contributed by atoms with van der Waals surface area (Å²) in [7, 11) is 0. The molecule has 7 heteroatoms. The van der Waals surface area contributed by atoms with Crippen molar-refractivity contribution in [1.29, 1.82) is 0 Å². The van der Waals surface area contributed by atoms with Gasteiger partial charge in [0.2, 0.25) is 0 Å². The average molecular weight is 323 g/mol. The lowest BCUT2D eigenvalue weighted by Gasteiger charge is -2.36. The van der Waals surface area contributed by atoms with E-state index in [-0.39, 0.29) is 0 Å². The first kappa shape index (κ1) is 14.9. The summed E-state index contributed by atoms with van der Waals surface area (Å²) in [4.78, 5) is 13.8. The Bertz CT molecular complexity index is 834. The van der Waals surface area contributed by atoms with E-state index < -0.39 is 0 Å². The molecule has 4 rings (SSSR count). The second-order valence-corrected chi connectivity index (χ2v) is 6.34. The molecule has 0 spiro atoms. The maximum absolute atomic E-state index is 4.71. The van der Waals surface area contributed by atoms with Gasteiger partial charge in [-0.3, -0.25) is 4.40 Å². The van der Waals surface area contributed by atoms with E-state index in [9.17, 15) is 0 Å². The highest BCUT2D eigenvalue weighted by Gasteiger charge is 2.20. The van der Waals surface area contributed by atoms with E-state index in [0.29, 0.717) is 5.92 Å². The summed E-state index contributed by atoms with van der Waals surface area (Å²) >= 11 is 0. The summed E-state index contributed by atoms with van der Waals surface area (Å²) in [5, 5.41) is 8.13. The van der Waals surface area contributed by atoms with Crippen LogP contribution in [0.15, 0.2) is 36.8 Å². The molecule has 0 aliphatic carbocycles. The molecule has 0 N–H and O–H groups in total. The topological polar surface area (TPSA) is 62.5 Å². The maximum atomic E-state index is 4.71. The van der Waals surface area contributed by atoms with Crippen molar-refractivity contribution in [1.82, 2.24) is 24.6 Å². The minimum absolute atomic E-state index is 0.345. The van der Waals surface area contributed by atoms with Gasteiger partial charge in [-0.1, -0.05) is 19.9 Å². The fourth-order valence-corrected chi connectivity index (χ4v) is 3.08. The van der Waals surface area contributed by atoms with Crippen LogP contribution < -0.4 is 9.80 Å². The largest absolute Gasteiger partial charge is 0.354 e. The quantitative estimate of drug-likeness (QED) is 0.734. The molecule has 3 aromatic heterocycles. The van der Waals surface area contributed by atoms with E-state index in [1.807, 2.05) is 28.8 Å². The molecule has 124 valence electrons. The van der Waals surface area contributed by atoms with E-state index in [2.05, 4.69) is 44.9 Å². The normalized spacial score (nSPS) is 15.5. The van der Waals surface area contributed by atoms with Crippen molar-refractivity contribution < 1.29 is 0 Å². The molecular formula is C17H21N7. The predicted octanol–water partition coefficient (Wildman–Crippen LogP) is 1.97. The summed E-state index contributed by atoms with van der Waals surface area (Å²) in [5.74, 6) is 3.42. The molecule has 1 aliphatic rings. The fourth-order valence-electron chi connectivity index (χ4n) is 3.08. The van der Waals surface area contributed by atoms with Crippen LogP contribution in [0, 0.1) is 0 Å². The molecular weight excluding hydrogens is 302 g/mol. The Kier molecular flexibility index (Phi) is 3.76. The summed E-state index contributed by atoms with van der Waals surface area (Å²) in [6.45, 7) is 8.00. The molecule has 0 bridgehead atoms. The van der Waals surface area contributed by atoms with E-state index in [1.165, 1.54) is 0 Å². The molecule has 7 nitrogen and oxygen atoms in total. The Balaban J connectivity index is 1.51. The standard InChI is InChI=1S/C17H21N7/c1-13(2)17-18-7-6-14(20-17)22-8-10-23(11-9-22)16-5-3-4-15-21-19-12-24(15)16/h3-7,12-13H,8-11H2,1-2H3. The summed E-state index contributed by atoms with van der Waals surface area (Å²) in [5.41, 5.74) is 0.882. The minimum Gasteiger partial charge on any atom is -0.354 e. The zero-order valence-electron chi connectivity index (χ0n) is 14.0. The van der Waals surface area contributed by atoms with Gasteiger partial charge in [-0.15, -0.1) is 10.2 Å². The number of aromatic nitrogens is 5. The minimum atomic E-state index is 0.345. The van der Waals surface area contributed by atoms with Crippen LogP contribution in [-0.4, -0.2) is 50.7 Å². The molecule has 0 atom stereocenters. The second kappa shape index (κ2) is 6.07. The molecule has 3 aromatic rings. The Hall–Kier alpha value is -2.70. The van der Waals surface area contributed by atoms with Crippen LogP contribution in [0.2, 0.25) is 0 Å². The SMILES string of the molecule is CC(C)c1nccc(N2CCN(c3cccc4nncn34)CC2)n1. The van der Waals surface area contributed by atoms with Gasteiger partial charge in [0, 0.05) is 38.3 Å². The molecule has 1 aliphatic heterocycles. The van der Waals surface area contributed by atoms with Crippen molar-refractivity contribution in [3.05, 3.63) is 42.6 Å². The summed E-state index contributed by atoms with van der Waals surface area (Å²) in [6.07, 6.45) is 3.64. The van der Waals surface area contributed by atoms with E-state index in [4.69, 9.17) is 4.98 Å². The van der Waals surface area contributed by atoms with Crippen LogP contribution in [0.5, 0.6) is 0 Å². The molecule has 0 radical (unpaired) electrons. The Morgan fingerprint density at radius 3 is 2.58 bits per heavy atom. The number of nitrogens with zero attached hydrogens (tertiary/aromatic N) is 7. The van der Waals surface area contributed by atoms with Crippen LogP contribution >= 0.6 is 0 Å². The number of hydrogen-bond donors (Lipinski definition) is 0. The Labute approximate surface area is 141 Å². The molecule has 24 heavy (non-hydrogen) atoms. The highest BCUT2D eigenvalue weighted by atomic mass is 15.3. The fraction of sp³-hybridized carbons (Fsp3) is 0.412. The zero-order chi connectivity index (χ0) is 16.5. The van der Waals surface area contributed by atoms with Crippen LogP contribution in [-0.2, 0) is 0 Å². The van der Waals surface area contributed by atoms with Gasteiger partial charge in [0.05, 0.1) is 0 Å². The first-order valence-electron chi connectivity index (χ1n) is 8.34. The van der Waals surface area contributed by atoms with Crippen molar-refractivity contribution in [2.75, 3.05) is 36.0 Å². The molecule has 0 saturated carbocycles. The van der Waals surface area contributed by atoms with Gasteiger partial charge in [-0.2, -0.15) is 0 Å². The Morgan fingerprint density at radius 2 is 1.79 bits per heavy atom. The van der Waals surface area contributed by atoms with Gasteiger partial charge >= 0.3 is 0 Å². The third kappa shape index (κ3) is 2.66. The van der Waals surface area contributed by atoms with Crippen molar-refractivity contribution >= 4 is 17.3 Å². The van der Waals surface area contributed by atoms with Gasteiger partial charge in [0.15, 0.2) is 5.65 Å². The second-order valence-electron chi connectivity index (χ2n) is 6.34. The van der Waals surface area contributed by atoms with Crippen molar-refractivity contribution in [3.63, 3.8) is 0 Å². The van der Waals surface area contributed by atoms with E-state index in [1.54, 1.807) is 6.33 Å². The molecule has 0 amide bonds. The highest BCUT2D eigenvalue weighted by Crippen LogP contribution is 2.21. The van der Waals surface area contributed by atoms with Crippen LogP contribution in [0.4, 0.5) is 11.6 Å². The number of pyridine rings is 1. The number of anilines is 2. The van der Waals surface area contributed by atoms with Gasteiger partial charge in [0.25, 0.3) is 0 Å². The molecule has 0 unspecified atom stereocenters. The predicted molar refractivity (Wildman–Crippen MR) is 93.5 cm³/mol. The molecule has 1 saturated heterocycles. The first-order valence-corrected chi connectivity index (χ1v) is 8.34. The smallest absolute Gasteiger partial charge is 0.162 e. The number of piperazine rings is 1. The van der Waals surface area contributed by atoms with Gasteiger partial charge in [0.1, 0.15) is 23.8 Å². The third-order valence-corrected chi connectivity index (χ3v) is 4.42. The highest BCUT2D eigenvalue weighted by molar-refractivity contribution is 5.52. The van der Waals surface area contributed by atoms with Gasteiger partial charge in [-0.25, -0.2) is 9.97 Å². The van der Waals surface area contributed by atoms with Crippen LogP contribution in [0.3, 0.4) is 0 Å². The van der Waals surface area contributed by atoms with Gasteiger partial charge < -0.3 is 9.80 Å². The lowest BCUT2D eigenvalue weighted by molar-refractivity contribution is 0.634. The lowest BCUT2D eigenvalue weighted by Crippen LogP contribution is -2.47. The number of hydrogen-bond acceptors (Lipinski definition) is 6. The average Bonchev–Trinajstić information content (AvgIpc) is 3.11. The van der Waals surface area contributed by atoms with Crippen LogP contribution in [0.1, 0.15) is 25.6 Å². The lowest BCUT2D eigenvalue weighted by atomic mass is 10.2. The van der Waals surface area contributed by atoms with Crippen LogP contribution in [0.25, 0.3) is 5.65 Å².